The largest absolute Gasteiger partial charge is 0.381 e. The summed E-state index contributed by atoms with van der Waals surface area (Å²) in [6.07, 6.45) is 2.36. The van der Waals surface area contributed by atoms with Crippen LogP contribution in [0.2, 0.25) is 0 Å². The Kier molecular flexibility index (Phi) is 3.27. The number of benzene rings is 1. The van der Waals surface area contributed by atoms with Crippen molar-refractivity contribution in [3.05, 3.63) is 29.8 Å². The number of anilines is 1. The Labute approximate surface area is 109 Å². The third-order valence-corrected chi connectivity index (χ3v) is 4.25. The topological polar surface area (TPSA) is 24.5 Å². The fourth-order valence-corrected chi connectivity index (χ4v) is 3.32. The van der Waals surface area contributed by atoms with Crippen molar-refractivity contribution < 1.29 is 4.74 Å². The summed E-state index contributed by atoms with van der Waals surface area (Å²) in [6.45, 7) is 5.13. The van der Waals surface area contributed by atoms with Crippen LogP contribution < -0.4 is 10.2 Å². The van der Waals surface area contributed by atoms with Gasteiger partial charge in [-0.2, -0.15) is 0 Å². The molecule has 3 heteroatoms. The van der Waals surface area contributed by atoms with Gasteiger partial charge in [0.25, 0.3) is 0 Å². The molecule has 0 aromatic heterocycles. The van der Waals surface area contributed by atoms with Crippen molar-refractivity contribution >= 4 is 5.69 Å². The molecule has 0 radical (unpaired) electrons. The minimum absolute atomic E-state index is 0.298. The molecular weight excluding hydrogens is 224 g/mol. The first-order chi connectivity index (χ1) is 8.83. The predicted molar refractivity (Wildman–Crippen MR) is 74.2 cm³/mol. The molecule has 3 nitrogen and oxygen atoms in total. The highest BCUT2D eigenvalue weighted by atomic mass is 16.5. The molecule has 0 aliphatic carbocycles. The first-order valence-electron chi connectivity index (χ1n) is 6.88. The summed E-state index contributed by atoms with van der Waals surface area (Å²) in [6, 6.07) is 8.80. The maximum absolute atomic E-state index is 5.64. The zero-order valence-electron chi connectivity index (χ0n) is 11.1. The van der Waals surface area contributed by atoms with Crippen molar-refractivity contribution in [1.29, 1.82) is 0 Å². The third kappa shape index (κ3) is 2.13. The van der Waals surface area contributed by atoms with Crippen molar-refractivity contribution in [2.24, 2.45) is 5.41 Å². The van der Waals surface area contributed by atoms with Crippen LogP contribution in [0.5, 0.6) is 0 Å². The Morgan fingerprint density at radius 2 is 2.28 bits per heavy atom. The van der Waals surface area contributed by atoms with E-state index in [0.29, 0.717) is 5.41 Å². The molecule has 0 bridgehead atoms. The van der Waals surface area contributed by atoms with Crippen LogP contribution in [0.25, 0.3) is 0 Å². The summed E-state index contributed by atoms with van der Waals surface area (Å²) < 4.78 is 5.64. The number of nitrogens with one attached hydrogen (secondary N) is 1. The van der Waals surface area contributed by atoms with Gasteiger partial charge < -0.3 is 15.0 Å². The number of rotatable bonds is 4. The van der Waals surface area contributed by atoms with E-state index in [1.165, 1.54) is 24.1 Å². The Hall–Kier alpha value is -1.06. The number of fused-ring (bicyclic) bond motifs is 1. The molecule has 1 saturated heterocycles. The molecule has 2 aliphatic rings. The number of para-hydroxylation sites is 1. The van der Waals surface area contributed by atoms with Crippen LogP contribution in [-0.2, 0) is 11.2 Å². The lowest BCUT2D eigenvalue weighted by molar-refractivity contribution is 0.153. The second-order valence-electron chi connectivity index (χ2n) is 5.63. The Bertz CT molecular complexity index is 413. The smallest absolute Gasteiger partial charge is 0.0552 e. The average molecular weight is 246 g/mol. The van der Waals surface area contributed by atoms with Crippen LogP contribution in [0.1, 0.15) is 12.0 Å². The Morgan fingerprint density at radius 3 is 3.06 bits per heavy atom. The van der Waals surface area contributed by atoms with Crippen molar-refractivity contribution in [2.75, 3.05) is 44.8 Å². The minimum Gasteiger partial charge on any atom is -0.381 e. The summed E-state index contributed by atoms with van der Waals surface area (Å²) >= 11 is 0. The van der Waals surface area contributed by atoms with Crippen LogP contribution in [0.15, 0.2) is 24.3 Å². The minimum atomic E-state index is 0.298. The van der Waals surface area contributed by atoms with Crippen molar-refractivity contribution in [3.8, 4) is 0 Å². The SMILES string of the molecule is CNCC1(CN2CCc3ccccc32)CCOC1. The molecule has 1 unspecified atom stereocenters. The molecule has 98 valence electrons. The lowest BCUT2D eigenvalue weighted by Crippen LogP contribution is -2.43. The quantitative estimate of drug-likeness (QED) is 0.874. The van der Waals surface area contributed by atoms with Crippen LogP contribution in [-0.4, -0.2) is 39.9 Å². The maximum atomic E-state index is 5.64. The zero-order valence-corrected chi connectivity index (χ0v) is 11.1. The normalized spacial score (nSPS) is 26.6. The van der Waals surface area contributed by atoms with E-state index in [9.17, 15) is 0 Å². The molecule has 1 aromatic carbocycles. The van der Waals surface area contributed by atoms with Crippen LogP contribution in [0.3, 0.4) is 0 Å². The molecule has 0 amide bonds. The molecule has 1 fully saturated rings. The molecule has 3 rings (SSSR count). The van der Waals surface area contributed by atoms with E-state index in [0.717, 1.165) is 32.8 Å². The fourth-order valence-electron chi connectivity index (χ4n) is 3.32. The Balaban J connectivity index is 1.77. The van der Waals surface area contributed by atoms with E-state index in [2.05, 4.69) is 34.5 Å². The number of hydrogen-bond acceptors (Lipinski definition) is 3. The maximum Gasteiger partial charge on any atom is 0.0552 e. The zero-order chi connectivity index (χ0) is 12.4. The van der Waals surface area contributed by atoms with E-state index >= 15 is 0 Å². The van der Waals surface area contributed by atoms with E-state index < -0.39 is 0 Å². The molecular formula is C15H22N2O. The highest BCUT2D eigenvalue weighted by Gasteiger charge is 2.37. The predicted octanol–water partition coefficient (Wildman–Crippen LogP) is 1.68. The molecule has 2 heterocycles. The molecule has 1 N–H and O–H groups in total. The average Bonchev–Trinajstić information content (AvgIpc) is 2.99. The highest BCUT2D eigenvalue weighted by molar-refractivity contribution is 5.58. The first kappa shape index (κ1) is 12.0. The van der Waals surface area contributed by atoms with Gasteiger partial charge in [-0.15, -0.1) is 0 Å². The van der Waals surface area contributed by atoms with Crippen molar-refractivity contribution in [2.45, 2.75) is 12.8 Å². The number of hydrogen-bond donors (Lipinski definition) is 1. The van der Waals surface area contributed by atoms with Gasteiger partial charge in [-0.05, 0) is 31.5 Å². The lowest BCUT2D eigenvalue weighted by atomic mass is 9.86. The molecule has 18 heavy (non-hydrogen) atoms. The van der Waals surface area contributed by atoms with Gasteiger partial charge in [0, 0.05) is 37.3 Å². The van der Waals surface area contributed by atoms with E-state index in [4.69, 9.17) is 4.74 Å². The molecule has 0 saturated carbocycles. The fraction of sp³-hybridized carbons (Fsp3) is 0.600. The lowest BCUT2D eigenvalue weighted by Gasteiger charge is -2.33. The summed E-state index contributed by atoms with van der Waals surface area (Å²) in [5, 5.41) is 3.34. The summed E-state index contributed by atoms with van der Waals surface area (Å²) in [7, 11) is 2.04. The Morgan fingerprint density at radius 1 is 1.39 bits per heavy atom. The van der Waals surface area contributed by atoms with Crippen LogP contribution in [0.4, 0.5) is 5.69 Å². The second kappa shape index (κ2) is 4.90. The first-order valence-corrected chi connectivity index (χ1v) is 6.88. The van der Waals surface area contributed by atoms with Gasteiger partial charge in [0.15, 0.2) is 0 Å². The van der Waals surface area contributed by atoms with Gasteiger partial charge in [-0.1, -0.05) is 18.2 Å². The number of ether oxygens (including phenoxy) is 1. The molecule has 2 aliphatic heterocycles. The summed E-state index contributed by atoms with van der Waals surface area (Å²) in [5.74, 6) is 0. The summed E-state index contributed by atoms with van der Waals surface area (Å²) in [5.41, 5.74) is 3.22. The molecule has 1 atom stereocenters. The van der Waals surface area contributed by atoms with Gasteiger partial charge in [0.05, 0.1) is 6.61 Å². The number of nitrogens with zero attached hydrogens (tertiary/aromatic N) is 1. The van der Waals surface area contributed by atoms with Gasteiger partial charge >= 0.3 is 0 Å². The van der Waals surface area contributed by atoms with Gasteiger partial charge in [-0.25, -0.2) is 0 Å². The van der Waals surface area contributed by atoms with Crippen molar-refractivity contribution in [3.63, 3.8) is 0 Å². The van der Waals surface area contributed by atoms with E-state index in [-0.39, 0.29) is 0 Å². The monoisotopic (exact) mass is 246 g/mol. The van der Waals surface area contributed by atoms with Gasteiger partial charge in [-0.3, -0.25) is 0 Å². The second-order valence-corrected chi connectivity index (χ2v) is 5.63. The standard InChI is InChI=1S/C15H22N2O/c1-16-10-15(7-9-18-12-15)11-17-8-6-13-4-2-3-5-14(13)17/h2-5,16H,6-12H2,1H3. The van der Waals surface area contributed by atoms with Crippen LogP contribution in [0, 0.1) is 5.41 Å². The van der Waals surface area contributed by atoms with Crippen LogP contribution >= 0.6 is 0 Å². The van der Waals surface area contributed by atoms with E-state index in [1.54, 1.807) is 0 Å². The van der Waals surface area contributed by atoms with E-state index in [1.807, 2.05) is 7.05 Å². The van der Waals surface area contributed by atoms with Crippen molar-refractivity contribution in [1.82, 2.24) is 5.32 Å². The molecule has 1 aromatic rings. The van der Waals surface area contributed by atoms with Gasteiger partial charge in [0.1, 0.15) is 0 Å². The third-order valence-electron chi connectivity index (χ3n) is 4.25. The van der Waals surface area contributed by atoms with Gasteiger partial charge in [0.2, 0.25) is 0 Å². The summed E-state index contributed by atoms with van der Waals surface area (Å²) in [4.78, 5) is 2.54. The highest BCUT2D eigenvalue weighted by Crippen LogP contribution is 2.34. The molecule has 0 spiro atoms.